The number of thioether (sulfide) groups is 1. The Hall–Kier alpha value is -0.520. The summed E-state index contributed by atoms with van der Waals surface area (Å²) in [7, 11) is 0. The molecule has 1 amide bonds. The van der Waals surface area contributed by atoms with Gasteiger partial charge in [-0.15, -0.1) is 11.8 Å². The first-order valence-corrected chi connectivity index (χ1v) is 7.28. The minimum absolute atomic E-state index is 0.259. The van der Waals surface area contributed by atoms with Crippen LogP contribution in [-0.4, -0.2) is 17.2 Å². The number of hydrogen-bond acceptors (Lipinski definition) is 3. The molecule has 1 aliphatic carbocycles. The second-order valence-corrected chi connectivity index (χ2v) is 6.27. The first-order valence-electron chi connectivity index (χ1n) is 5.50. The first-order chi connectivity index (χ1) is 8.04. The number of hydrogen-bond donors (Lipinski definition) is 2. The van der Waals surface area contributed by atoms with Gasteiger partial charge in [0.05, 0.1) is 0 Å². The van der Waals surface area contributed by atoms with Gasteiger partial charge in [0.2, 0.25) is 5.91 Å². The summed E-state index contributed by atoms with van der Waals surface area (Å²) >= 11 is 5.05. The number of primary amides is 1. The van der Waals surface area contributed by atoms with Crippen molar-refractivity contribution in [1.29, 1.82) is 0 Å². The predicted octanol–water partition coefficient (Wildman–Crippen LogP) is 2.13. The smallest absolute Gasteiger partial charge is 0.238 e. The maximum Gasteiger partial charge on any atom is 0.238 e. The van der Waals surface area contributed by atoms with Gasteiger partial charge in [-0.2, -0.15) is 0 Å². The Morgan fingerprint density at radius 1 is 1.47 bits per heavy atom. The number of halogens is 1. The maximum absolute atomic E-state index is 11.5. The van der Waals surface area contributed by atoms with Crippen LogP contribution in [0.2, 0.25) is 0 Å². The van der Waals surface area contributed by atoms with E-state index in [9.17, 15) is 4.79 Å². The summed E-state index contributed by atoms with van der Waals surface area (Å²) in [5, 5.41) is 0. The van der Waals surface area contributed by atoms with Gasteiger partial charge in [0, 0.05) is 15.1 Å². The van der Waals surface area contributed by atoms with Crippen molar-refractivity contribution in [2.75, 3.05) is 5.75 Å². The van der Waals surface area contributed by atoms with E-state index in [1.807, 2.05) is 24.3 Å². The van der Waals surface area contributed by atoms with Crippen LogP contribution in [0, 0.1) is 5.92 Å². The fraction of sp³-hybridized carbons (Fsp3) is 0.417. The number of nitrogens with two attached hydrogens (primary N) is 2. The summed E-state index contributed by atoms with van der Waals surface area (Å²) in [5.41, 5.74) is 10.7. The zero-order chi connectivity index (χ0) is 12.5. The molecule has 17 heavy (non-hydrogen) atoms. The summed E-state index contributed by atoms with van der Waals surface area (Å²) in [5.74, 6) is 0.407. The molecule has 5 heteroatoms. The van der Waals surface area contributed by atoms with Gasteiger partial charge in [0.25, 0.3) is 0 Å². The molecule has 4 N–H and O–H groups in total. The van der Waals surface area contributed by atoms with Crippen LogP contribution in [0.25, 0.3) is 0 Å². The van der Waals surface area contributed by atoms with Crippen LogP contribution in [0.1, 0.15) is 12.8 Å². The van der Waals surface area contributed by atoms with Gasteiger partial charge in [-0.3, -0.25) is 4.79 Å². The van der Waals surface area contributed by atoms with E-state index in [0.29, 0.717) is 5.75 Å². The van der Waals surface area contributed by atoms with E-state index in [1.54, 1.807) is 11.8 Å². The highest BCUT2D eigenvalue weighted by Gasteiger charge is 2.46. The Morgan fingerprint density at radius 3 is 2.65 bits per heavy atom. The lowest BCUT2D eigenvalue weighted by atomic mass is 9.96. The number of carbonyl (C=O) groups is 1. The van der Waals surface area contributed by atoms with E-state index in [0.717, 1.165) is 22.2 Å². The van der Waals surface area contributed by atoms with Crippen LogP contribution >= 0.6 is 27.7 Å². The molecule has 1 aliphatic rings. The Kier molecular flexibility index (Phi) is 3.80. The molecule has 92 valence electrons. The zero-order valence-electron chi connectivity index (χ0n) is 9.36. The molecule has 3 nitrogen and oxygen atoms in total. The fourth-order valence-electron chi connectivity index (χ4n) is 1.75. The number of carbonyl (C=O) groups excluding carboxylic acids is 1. The van der Waals surface area contributed by atoms with Gasteiger partial charge in [0.1, 0.15) is 5.54 Å². The Balaban J connectivity index is 2.06. The SMILES string of the molecule is NC(=O)C(N)(CSc1ccccc1Br)C1CC1. The monoisotopic (exact) mass is 314 g/mol. The zero-order valence-corrected chi connectivity index (χ0v) is 11.8. The average Bonchev–Trinajstić information content (AvgIpc) is 3.11. The van der Waals surface area contributed by atoms with Gasteiger partial charge >= 0.3 is 0 Å². The summed E-state index contributed by atoms with van der Waals surface area (Å²) < 4.78 is 1.02. The maximum atomic E-state index is 11.5. The van der Waals surface area contributed by atoms with Gasteiger partial charge in [-0.25, -0.2) is 0 Å². The highest BCUT2D eigenvalue weighted by atomic mass is 79.9. The van der Waals surface area contributed by atoms with Crippen molar-refractivity contribution in [2.24, 2.45) is 17.4 Å². The van der Waals surface area contributed by atoms with Crippen LogP contribution in [0.3, 0.4) is 0 Å². The molecule has 0 aromatic heterocycles. The van der Waals surface area contributed by atoms with E-state index in [1.165, 1.54) is 0 Å². The molecule has 2 rings (SSSR count). The van der Waals surface area contributed by atoms with Crippen LogP contribution < -0.4 is 11.5 Å². The normalized spacial score (nSPS) is 18.7. The lowest BCUT2D eigenvalue weighted by Gasteiger charge is -2.25. The highest BCUT2D eigenvalue weighted by molar-refractivity contribution is 9.10. The van der Waals surface area contributed by atoms with E-state index in [4.69, 9.17) is 11.5 Å². The van der Waals surface area contributed by atoms with E-state index >= 15 is 0 Å². The molecule has 1 aromatic rings. The highest BCUT2D eigenvalue weighted by Crippen LogP contribution is 2.41. The number of amides is 1. The summed E-state index contributed by atoms with van der Waals surface area (Å²) in [6.45, 7) is 0. The minimum Gasteiger partial charge on any atom is -0.368 e. The van der Waals surface area contributed by atoms with Crippen LogP contribution in [0.15, 0.2) is 33.6 Å². The number of rotatable bonds is 5. The second-order valence-electron chi connectivity index (χ2n) is 4.40. The quantitative estimate of drug-likeness (QED) is 0.818. The van der Waals surface area contributed by atoms with Crippen LogP contribution in [-0.2, 0) is 4.79 Å². The standard InChI is InChI=1S/C12H15BrN2OS/c13-9-3-1-2-4-10(9)17-7-12(15,11(14)16)8-5-6-8/h1-4,8H,5-7,15H2,(H2,14,16). The molecule has 0 radical (unpaired) electrons. The first kappa shape index (κ1) is 12.9. The molecule has 1 saturated carbocycles. The van der Waals surface area contributed by atoms with Crippen molar-refractivity contribution in [3.05, 3.63) is 28.7 Å². The van der Waals surface area contributed by atoms with Gasteiger partial charge in [-0.05, 0) is 46.8 Å². The predicted molar refractivity (Wildman–Crippen MR) is 73.7 cm³/mol. The van der Waals surface area contributed by atoms with Crippen LogP contribution in [0.5, 0.6) is 0 Å². The molecule has 0 aliphatic heterocycles. The van der Waals surface area contributed by atoms with E-state index in [2.05, 4.69) is 15.9 Å². The molecule has 1 unspecified atom stereocenters. The Labute approximate surface area is 113 Å². The van der Waals surface area contributed by atoms with Crippen molar-refractivity contribution in [1.82, 2.24) is 0 Å². The lowest BCUT2D eigenvalue weighted by Crippen LogP contribution is -2.56. The Bertz CT molecular complexity index is 436. The van der Waals surface area contributed by atoms with Gasteiger partial charge in [-0.1, -0.05) is 12.1 Å². The van der Waals surface area contributed by atoms with Gasteiger partial charge in [0.15, 0.2) is 0 Å². The third-order valence-corrected chi connectivity index (χ3v) is 5.31. The number of benzene rings is 1. The molecular weight excluding hydrogens is 300 g/mol. The van der Waals surface area contributed by atoms with Crippen molar-refractivity contribution in [3.8, 4) is 0 Å². The molecule has 1 aromatic carbocycles. The fourth-order valence-corrected chi connectivity index (χ4v) is 3.53. The molecule has 1 atom stereocenters. The third-order valence-electron chi connectivity index (χ3n) is 3.07. The molecule has 0 bridgehead atoms. The minimum atomic E-state index is -0.861. The van der Waals surface area contributed by atoms with Crippen molar-refractivity contribution in [3.63, 3.8) is 0 Å². The lowest BCUT2D eigenvalue weighted by molar-refractivity contribution is -0.123. The summed E-state index contributed by atoms with van der Waals surface area (Å²) in [6, 6.07) is 7.90. The molecular formula is C12H15BrN2OS. The van der Waals surface area contributed by atoms with E-state index in [-0.39, 0.29) is 11.8 Å². The van der Waals surface area contributed by atoms with Crippen molar-refractivity contribution >= 4 is 33.6 Å². The van der Waals surface area contributed by atoms with E-state index < -0.39 is 5.54 Å². The molecule has 0 spiro atoms. The second kappa shape index (κ2) is 5.00. The largest absolute Gasteiger partial charge is 0.368 e. The molecule has 0 saturated heterocycles. The van der Waals surface area contributed by atoms with Crippen molar-refractivity contribution in [2.45, 2.75) is 23.3 Å². The molecule has 0 heterocycles. The summed E-state index contributed by atoms with van der Waals surface area (Å²) in [4.78, 5) is 12.6. The summed E-state index contributed by atoms with van der Waals surface area (Å²) in [6.07, 6.45) is 2.02. The van der Waals surface area contributed by atoms with Gasteiger partial charge < -0.3 is 11.5 Å². The van der Waals surface area contributed by atoms with Crippen LogP contribution in [0.4, 0.5) is 0 Å². The third kappa shape index (κ3) is 2.84. The average molecular weight is 315 g/mol. The Morgan fingerprint density at radius 2 is 2.12 bits per heavy atom. The van der Waals surface area contributed by atoms with Crippen molar-refractivity contribution < 1.29 is 4.79 Å². The topological polar surface area (TPSA) is 69.1 Å². The molecule has 1 fully saturated rings.